The van der Waals surface area contributed by atoms with Crippen molar-refractivity contribution < 1.29 is 18.0 Å². The molecule has 2 aromatic rings. The van der Waals surface area contributed by atoms with Gasteiger partial charge in [-0.15, -0.1) is 0 Å². The first-order valence-electron chi connectivity index (χ1n) is 11.6. The molecule has 8 nitrogen and oxygen atoms in total. The minimum absolute atomic E-state index is 0.0213. The van der Waals surface area contributed by atoms with Crippen LogP contribution in [0.25, 0.3) is 5.65 Å². The zero-order valence-corrected chi connectivity index (χ0v) is 18.6. The summed E-state index contributed by atoms with van der Waals surface area (Å²) in [5, 5.41) is 4.27. The molecule has 0 bridgehead atoms. The summed E-state index contributed by atoms with van der Waals surface area (Å²) in [7, 11) is 1.61. The third-order valence-corrected chi connectivity index (χ3v) is 7.71. The van der Waals surface area contributed by atoms with E-state index in [2.05, 4.69) is 10.00 Å². The summed E-state index contributed by atoms with van der Waals surface area (Å²) >= 11 is 0. The van der Waals surface area contributed by atoms with Crippen molar-refractivity contribution in [3.05, 3.63) is 40.5 Å². The molecular weight excluding hydrogens is 449 g/mol. The molecule has 2 saturated heterocycles. The summed E-state index contributed by atoms with van der Waals surface area (Å²) in [6.07, 6.45) is 2.14. The maximum Gasteiger partial charge on any atom is 0.393 e. The van der Waals surface area contributed by atoms with Gasteiger partial charge in [0.2, 0.25) is 0 Å². The Balaban J connectivity index is 1.25. The second kappa shape index (κ2) is 7.44. The Kier molecular flexibility index (Phi) is 4.69. The second-order valence-corrected chi connectivity index (χ2v) is 9.85. The van der Waals surface area contributed by atoms with Crippen LogP contribution in [0, 0.1) is 23.7 Å². The number of dihydropyridines is 1. The summed E-state index contributed by atoms with van der Waals surface area (Å²) < 4.78 is 42.4. The van der Waals surface area contributed by atoms with Crippen LogP contribution in [0.3, 0.4) is 0 Å². The number of aryl methyl sites for hydroxylation is 1. The Morgan fingerprint density at radius 2 is 2.06 bits per heavy atom. The molecule has 0 N–H and O–H groups in total. The van der Waals surface area contributed by atoms with Crippen molar-refractivity contribution in [3.8, 4) is 0 Å². The molecule has 3 aliphatic heterocycles. The quantitative estimate of drug-likeness (QED) is 0.669. The van der Waals surface area contributed by atoms with Gasteiger partial charge in [-0.05, 0) is 37.2 Å². The molecule has 3 fully saturated rings. The fourth-order valence-electron chi connectivity index (χ4n) is 5.78. The number of nitrogens with zero attached hydrogens (tertiary/aromatic N) is 6. The molecule has 0 radical (unpaired) electrons. The van der Waals surface area contributed by atoms with Gasteiger partial charge in [0.15, 0.2) is 5.65 Å². The molecule has 5 unspecified atom stereocenters. The van der Waals surface area contributed by atoms with Crippen molar-refractivity contribution in [2.45, 2.75) is 31.6 Å². The highest BCUT2D eigenvalue weighted by Crippen LogP contribution is 2.53. The fourth-order valence-corrected chi connectivity index (χ4v) is 5.78. The number of amides is 1. The predicted octanol–water partition coefficient (Wildman–Crippen LogP) is 2.24. The standard InChI is InChI=1S/C23H25F3N6O2/c1-29-22(34)31-6-4-16(9-19(31)28-29)32-11-14-8-17(14)18-7-13(10-27-20(18)32)21(33)30-5-2-3-15(12-30)23(24,25)26/h4,6-7,9-10,14-15,17-18,20H,2-3,5,8,11-12H2,1H3. The van der Waals surface area contributed by atoms with Gasteiger partial charge >= 0.3 is 11.9 Å². The number of piperidine rings is 2. The number of pyridine rings is 1. The average molecular weight is 474 g/mol. The normalized spacial score (nSPS) is 30.7. The third kappa shape index (κ3) is 3.43. The Morgan fingerprint density at radius 1 is 1.24 bits per heavy atom. The molecular formula is C23H25F3N6O2. The maximum absolute atomic E-state index is 13.2. The van der Waals surface area contributed by atoms with E-state index >= 15 is 0 Å². The number of alkyl halides is 3. The van der Waals surface area contributed by atoms with E-state index < -0.39 is 12.1 Å². The van der Waals surface area contributed by atoms with Gasteiger partial charge < -0.3 is 9.80 Å². The van der Waals surface area contributed by atoms with E-state index in [0.29, 0.717) is 36.0 Å². The van der Waals surface area contributed by atoms with E-state index in [-0.39, 0.29) is 36.6 Å². The van der Waals surface area contributed by atoms with Crippen LogP contribution in [0.1, 0.15) is 19.3 Å². The lowest BCUT2D eigenvalue weighted by Crippen LogP contribution is -2.48. The number of anilines is 1. The van der Waals surface area contributed by atoms with Gasteiger partial charge in [-0.1, -0.05) is 6.08 Å². The van der Waals surface area contributed by atoms with Gasteiger partial charge in [-0.2, -0.15) is 18.3 Å². The molecule has 1 aliphatic carbocycles. The zero-order valence-electron chi connectivity index (χ0n) is 18.6. The Hall–Kier alpha value is -3.11. The lowest BCUT2D eigenvalue weighted by molar-refractivity contribution is -0.187. The number of hydrogen-bond acceptors (Lipinski definition) is 5. The number of fused-ring (bicyclic) bond motifs is 4. The minimum atomic E-state index is -4.29. The van der Waals surface area contributed by atoms with Gasteiger partial charge in [-0.25, -0.2) is 9.48 Å². The first kappa shape index (κ1) is 21.4. The first-order chi connectivity index (χ1) is 16.2. The highest BCUT2D eigenvalue weighted by molar-refractivity contribution is 6.12. The second-order valence-electron chi connectivity index (χ2n) is 9.85. The SMILES string of the molecule is Cn1nc2cc(N3CC4CC4C4C=C(C(=O)N5CCCC(C(F)(F)F)C5)C=NC43)ccn2c1=O. The van der Waals surface area contributed by atoms with Gasteiger partial charge in [0, 0.05) is 56.8 Å². The van der Waals surface area contributed by atoms with Crippen molar-refractivity contribution in [2.75, 3.05) is 24.5 Å². The van der Waals surface area contributed by atoms with Gasteiger partial charge in [0.1, 0.15) is 6.17 Å². The first-order valence-corrected chi connectivity index (χ1v) is 11.6. The topological polar surface area (TPSA) is 75.2 Å². The average Bonchev–Trinajstić information content (AvgIpc) is 3.56. The van der Waals surface area contributed by atoms with E-state index in [1.165, 1.54) is 20.2 Å². The minimum Gasteiger partial charge on any atom is -0.349 e. The lowest BCUT2D eigenvalue weighted by Gasteiger charge is -2.41. The Bertz CT molecular complexity index is 1280. The van der Waals surface area contributed by atoms with Gasteiger partial charge in [0.05, 0.1) is 11.5 Å². The summed E-state index contributed by atoms with van der Waals surface area (Å²) in [5.41, 5.74) is 1.63. The Labute approximate surface area is 193 Å². The number of hydrogen-bond donors (Lipinski definition) is 0. The highest BCUT2D eigenvalue weighted by Gasteiger charge is 2.53. The smallest absolute Gasteiger partial charge is 0.349 e. The van der Waals surface area contributed by atoms with Gasteiger partial charge in [0.25, 0.3) is 5.91 Å². The van der Waals surface area contributed by atoms with Crippen LogP contribution < -0.4 is 10.6 Å². The molecule has 11 heteroatoms. The molecule has 5 heterocycles. The largest absolute Gasteiger partial charge is 0.393 e. The monoisotopic (exact) mass is 474 g/mol. The molecule has 0 spiro atoms. The summed E-state index contributed by atoms with van der Waals surface area (Å²) in [4.78, 5) is 33.5. The zero-order chi connectivity index (χ0) is 23.8. The fraction of sp³-hybridized carbons (Fsp3) is 0.565. The van der Waals surface area contributed by atoms with Crippen LogP contribution in [-0.2, 0) is 11.8 Å². The van der Waals surface area contributed by atoms with Crippen molar-refractivity contribution >= 4 is 23.5 Å². The molecule has 0 aromatic carbocycles. The number of carbonyl (C=O) groups is 1. The number of aliphatic imine (C=N–C) groups is 1. The molecule has 5 atom stereocenters. The van der Waals surface area contributed by atoms with Gasteiger partial charge in [-0.3, -0.25) is 14.2 Å². The maximum atomic E-state index is 13.2. The third-order valence-electron chi connectivity index (χ3n) is 7.71. The molecule has 34 heavy (non-hydrogen) atoms. The van der Waals surface area contributed by atoms with E-state index in [0.717, 1.165) is 18.7 Å². The highest BCUT2D eigenvalue weighted by atomic mass is 19.4. The van der Waals surface area contributed by atoms with Crippen LogP contribution in [0.4, 0.5) is 18.9 Å². The van der Waals surface area contributed by atoms with Crippen LogP contribution in [0.5, 0.6) is 0 Å². The number of likely N-dealkylation sites (tertiary alicyclic amines) is 1. The summed E-state index contributed by atoms with van der Waals surface area (Å²) in [5.74, 6) is -0.903. The van der Waals surface area contributed by atoms with E-state index in [4.69, 9.17) is 4.99 Å². The molecule has 6 rings (SSSR count). The van der Waals surface area contributed by atoms with Crippen molar-refractivity contribution in [2.24, 2.45) is 35.7 Å². The van der Waals surface area contributed by atoms with Crippen LogP contribution in [-0.4, -0.2) is 63.2 Å². The number of rotatable bonds is 2. The molecule has 1 saturated carbocycles. The van der Waals surface area contributed by atoms with Crippen LogP contribution in [0.15, 0.2) is 39.8 Å². The molecule has 2 aromatic heterocycles. The molecule has 4 aliphatic rings. The van der Waals surface area contributed by atoms with Crippen molar-refractivity contribution in [3.63, 3.8) is 0 Å². The number of aromatic nitrogens is 3. The number of carbonyl (C=O) groups excluding carboxylic acids is 1. The summed E-state index contributed by atoms with van der Waals surface area (Å²) in [6.45, 7) is 0.877. The van der Waals surface area contributed by atoms with Crippen molar-refractivity contribution in [1.29, 1.82) is 0 Å². The predicted molar refractivity (Wildman–Crippen MR) is 119 cm³/mol. The lowest BCUT2D eigenvalue weighted by atomic mass is 9.88. The molecule has 1 amide bonds. The summed E-state index contributed by atoms with van der Waals surface area (Å²) in [6, 6.07) is 3.74. The number of halogens is 3. The van der Waals surface area contributed by atoms with E-state index in [9.17, 15) is 22.8 Å². The van der Waals surface area contributed by atoms with E-state index in [1.807, 2.05) is 18.2 Å². The van der Waals surface area contributed by atoms with Crippen LogP contribution in [0.2, 0.25) is 0 Å². The Morgan fingerprint density at radius 3 is 2.85 bits per heavy atom. The molecule has 180 valence electrons. The van der Waals surface area contributed by atoms with E-state index in [1.54, 1.807) is 13.2 Å². The van der Waals surface area contributed by atoms with Crippen molar-refractivity contribution in [1.82, 2.24) is 19.1 Å². The van der Waals surface area contributed by atoms with Crippen LogP contribution >= 0.6 is 0 Å².